The minimum atomic E-state index is -3.42. The number of nitrogens with zero attached hydrogens (tertiary/aromatic N) is 1. The van der Waals surface area contributed by atoms with Gasteiger partial charge in [-0.3, -0.25) is 4.79 Å². The van der Waals surface area contributed by atoms with Crippen molar-refractivity contribution >= 4 is 27.3 Å². The van der Waals surface area contributed by atoms with Crippen molar-refractivity contribution in [1.82, 2.24) is 9.62 Å². The van der Waals surface area contributed by atoms with Gasteiger partial charge in [-0.1, -0.05) is 13.0 Å². The standard InChI is InChI=1S/C21H28N2O5S2/c1-15(21(24)22-14-17-6-7-18(27-2)13-19(17)28-3)16-8-10-23(11-9-16)30(25,26)20-5-4-12-29-20/h4-7,12-13,15-16H,8-11,14H2,1-3H3,(H,22,24)/t15-/m0/s1. The van der Waals surface area contributed by atoms with E-state index in [1.807, 2.05) is 19.1 Å². The minimum absolute atomic E-state index is 0.0348. The van der Waals surface area contributed by atoms with Crippen molar-refractivity contribution in [2.24, 2.45) is 11.8 Å². The third-order valence-corrected chi connectivity index (χ3v) is 8.93. The van der Waals surface area contributed by atoms with Crippen molar-refractivity contribution in [3.63, 3.8) is 0 Å². The van der Waals surface area contributed by atoms with Crippen LogP contribution in [0.3, 0.4) is 0 Å². The van der Waals surface area contributed by atoms with E-state index in [0.717, 1.165) is 5.56 Å². The highest BCUT2D eigenvalue weighted by molar-refractivity contribution is 7.91. The summed E-state index contributed by atoms with van der Waals surface area (Å²) in [7, 11) is -0.244. The Hall–Kier alpha value is -2.10. The van der Waals surface area contributed by atoms with Gasteiger partial charge in [-0.15, -0.1) is 11.3 Å². The van der Waals surface area contributed by atoms with E-state index in [-0.39, 0.29) is 17.7 Å². The van der Waals surface area contributed by atoms with Gasteiger partial charge < -0.3 is 14.8 Å². The molecule has 3 rings (SSSR count). The topological polar surface area (TPSA) is 84.9 Å². The van der Waals surface area contributed by atoms with Crippen molar-refractivity contribution in [1.29, 1.82) is 0 Å². The number of piperidine rings is 1. The summed E-state index contributed by atoms with van der Waals surface area (Å²) in [6.45, 7) is 3.15. The molecule has 1 atom stereocenters. The first-order chi connectivity index (χ1) is 14.4. The molecule has 1 aromatic carbocycles. The summed E-state index contributed by atoms with van der Waals surface area (Å²) < 4.78 is 37.8. The SMILES string of the molecule is COc1ccc(CNC(=O)[C@@H](C)C2CCN(S(=O)(=O)c3cccs3)CC2)c(OC)c1. The molecule has 1 amide bonds. The van der Waals surface area contributed by atoms with Crippen LogP contribution in [0.1, 0.15) is 25.3 Å². The van der Waals surface area contributed by atoms with Gasteiger partial charge in [-0.05, 0) is 42.3 Å². The number of hydrogen-bond donors (Lipinski definition) is 1. The van der Waals surface area contributed by atoms with Gasteiger partial charge >= 0.3 is 0 Å². The van der Waals surface area contributed by atoms with Crippen LogP contribution < -0.4 is 14.8 Å². The number of rotatable bonds is 8. The Balaban J connectivity index is 1.54. The first kappa shape index (κ1) is 22.6. The summed E-state index contributed by atoms with van der Waals surface area (Å²) in [6, 6.07) is 8.87. The molecule has 9 heteroatoms. The van der Waals surface area contributed by atoms with Gasteiger partial charge in [0.25, 0.3) is 10.0 Å². The van der Waals surface area contributed by atoms with Crippen LogP contribution in [0, 0.1) is 11.8 Å². The zero-order valence-electron chi connectivity index (χ0n) is 17.5. The zero-order valence-corrected chi connectivity index (χ0v) is 19.1. The van der Waals surface area contributed by atoms with Gasteiger partial charge in [-0.25, -0.2) is 8.42 Å². The number of amides is 1. The molecule has 0 spiro atoms. The number of methoxy groups -OCH3 is 2. The molecule has 1 N–H and O–H groups in total. The van der Waals surface area contributed by atoms with Crippen LogP contribution in [-0.4, -0.2) is 45.9 Å². The maximum Gasteiger partial charge on any atom is 0.252 e. The Morgan fingerprint density at radius 1 is 1.23 bits per heavy atom. The normalized spacial score (nSPS) is 16.8. The van der Waals surface area contributed by atoms with Gasteiger partial charge in [0.2, 0.25) is 5.91 Å². The third-order valence-electron chi connectivity index (χ3n) is 5.66. The number of carbonyl (C=O) groups is 1. The Labute approximate surface area is 182 Å². The second kappa shape index (κ2) is 9.80. The molecule has 0 saturated carbocycles. The van der Waals surface area contributed by atoms with Crippen molar-refractivity contribution in [3.05, 3.63) is 41.3 Å². The summed E-state index contributed by atoms with van der Waals surface area (Å²) in [5.41, 5.74) is 0.871. The Morgan fingerprint density at radius 3 is 2.57 bits per heavy atom. The maximum atomic E-state index is 12.7. The van der Waals surface area contributed by atoms with E-state index in [1.54, 1.807) is 37.8 Å². The lowest BCUT2D eigenvalue weighted by atomic mass is 9.85. The van der Waals surface area contributed by atoms with Crippen LogP contribution in [0.4, 0.5) is 0 Å². The quantitative estimate of drug-likeness (QED) is 0.665. The average Bonchev–Trinajstić information content (AvgIpc) is 3.32. The average molecular weight is 453 g/mol. The second-order valence-electron chi connectivity index (χ2n) is 7.36. The van der Waals surface area contributed by atoms with Crippen LogP contribution in [0.5, 0.6) is 11.5 Å². The highest BCUT2D eigenvalue weighted by Gasteiger charge is 2.33. The highest BCUT2D eigenvalue weighted by Crippen LogP contribution is 2.30. The van der Waals surface area contributed by atoms with Crippen molar-refractivity contribution in [2.45, 2.75) is 30.5 Å². The van der Waals surface area contributed by atoms with E-state index in [4.69, 9.17) is 9.47 Å². The number of thiophene rings is 1. The molecular formula is C21H28N2O5S2. The summed E-state index contributed by atoms with van der Waals surface area (Å²) in [5, 5.41) is 4.75. The Bertz CT molecular complexity index is 952. The molecule has 164 valence electrons. The van der Waals surface area contributed by atoms with Gasteiger partial charge in [0.05, 0.1) is 14.2 Å². The van der Waals surface area contributed by atoms with E-state index in [1.165, 1.54) is 15.6 Å². The van der Waals surface area contributed by atoms with Crippen LogP contribution in [0.15, 0.2) is 39.9 Å². The van der Waals surface area contributed by atoms with Gasteiger partial charge in [-0.2, -0.15) is 4.31 Å². The molecule has 0 radical (unpaired) electrons. The largest absolute Gasteiger partial charge is 0.497 e. The van der Waals surface area contributed by atoms with Gasteiger partial charge in [0, 0.05) is 37.2 Å². The van der Waals surface area contributed by atoms with E-state index < -0.39 is 10.0 Å². The molecule has 1 aromatic heterocycles. The predicted octanol–water partition coefficient (Wildman–Crippen LogP) is 3.12. The molecule has 2 heterocycles. The van der Waals surface area contributed by atoms with Crippen LogP contribution in [-0.2, 0) is 21.4 Å². The van der Waals surface area contributed by atoms with Crippen LogP contribution in [0.2, 0.25) is 0 Å². The molecular weight excluding hydrogens is 424 g/mol. The molecule has 0 unspecified atom stereocenters. The maximum absolute atomic E-state index is 12.7. The van der Waals surface area contributed by atoms with Gasteiger partial charge in [0.15, 0.2) is 0 Å². The molecule has 0 aliphatic carbocycles. The van der Waals surface area contributed by atoms with Crippen LogP contribution >= 0.6 is 11.3 Å². The van der Waals surface area contributed by atoms with Crippen molar-refractivity contribution in [3.8, 4) is 11.5 Å². The number of benzene rings is 1. The lowest BCUT2D eigenvalue weighted by molar-refractivity contribution is -0.126. The lowest BCUT2D eigenvalue weighted by Crippen LogP contribution is -2.42. The molecule has 1 saturated heterocycles. The molecule has 1 aliphatic rings. The number of ether oxygens (including phenoxy) is 2. The van der Waals surface area contributed by atoms with E-state index in [9.17, 15) is 13.2 Å². The fourth-order valence-corrected chi connectivity index (χ4v) is 6.32. The number of carbonyl (C=O) groups excluding carboxylic acids is 1. The predicted molar refractivity (Wildman–Crippen MR) is 116 cm³/mol. The molecule has 1 fully saturated rings. The van der Waals surface area contributed by atoms with Gasteiger partial charge in [0.1, 0.15) is 15.7 Å². The number of hydrogen-bond acceptors (Lipinski definition) is 6. The van der Waals surface area contributed by atoms with E-state index >= 15 is 0 Å². The van der Waals surface area contributed by atoms with E-state index in [0.29, 0.717) is 48.2 Å². The number of sulfonamides is 1. The van der Waals surface area contributed by atoms with E-state index in [2.05, 4.69) is 5.32 Å². The monoisotopic (exact) mass is 452 g/mol. The lowest BCUT2D eigenvalue weighted by Gasteiger charge is -2.33. The minimum Gasteiger partial charge on any atom is -0.497 e. The first-order valence-electron chi connectivity index (χ1n) is 9.89. The Kier molecular flexibility index (Phi) is 7.38. The summed E-state index contributed by atoms with van der Waals surface area (Å²) in [6.07, 6.45) is 1.34. The van der Waals surface area contributed by atoms with Crippen LogP contribution in [0.25, 0.3) is 0 Å². The number of nitrogens with one attached hydrogen (secondary N) is 1. The van der Waals surface area contributed by atoms with Crippen molar-refractivity contribution < 1.29 is 22.7 Å². The molecule has 1 aliphatic heterocycles. The first-order valence-corrected chi connectivity index (χ1v) is 12.2. The Morgan fingerprint density at radius 2 is 1.97 bits per heavy atom. The second-order valence-corrected chi connectivity index (χ2v) is 10.5. The zero-order chi connectivity index (χ0) is 21.7. The smallest absolute Gasteiger partial charge is 0.252 e. The molecule has 0 bridgehead atoms. The molecule has 30 heavy (non-hydrogen) atoms. The van der Waals surface area contributed by atoms with Crippen molar-refractivity contribution in [2.75, 3.05) is 27.3 Å². The molecule has 7 nitrogen and oxygen atoms in total. The summed E-state index contributed by atoms with van der Waals surface area (Å²) >= 11 is 1.23. The highest BCUT2D eigenvalue weighted by atomic mass is 32.2. The molecule has 2 aromatic rings. The summed E-state index contributed by atoms with van der Waals surface area (Å²) in [4.78, 5) is 12.7. The summed E-state index contributed by atoms with van der Waals surface area (Å²) in [5.74, 6) is 1.28. The fourth-order valence-electron chi connectivity index (χ4n) is 3.71. The fraction of sp³-hybridized carbons (Fsp3) is 0.476. The third kappa shape index (κ3) is 4.96.